The fourth-order valence-electron chi connectivity index (χ4n) is 3.06. The molecule has 0 fully saturated rings. The first-order valence-electron chi connectivity index (χ1n) is 11.3. The van der Waals surface area contributed by atoms with E-state index in [-0.39, 0.29) is 0 Å². The van der Waals surface area contributed by atoms with Crippen LogP contribution in [-0.4, -0.2) is 28.6 Å². The zero-order chi connectivity index (χ0) is 20.5. The molecule has 0 heterocycles. The normalized spacial score (nSPS) is 11.7. The molecule has 0 amide bonds. The molecule has 0 saturated heterocycles. The Balaban J connectivity index is 2.97. The number of unbranched alkanes of at least 4 members (excludes halogenated alkanes) is 6. The van der Waals surface area contributed by atoms with Gasteiger partial charge in [-0.25, -0.2) is 0 Å². The van der Waals surface area contributed by atoms with Crippen LogP contribution in [0.2, 0.25) is 0 Å². The minimum absolute atomic E-state index is 0.704. The molecule has 0 unspecified atom stereocenters. The molecule has 3 nitrogen and oxygen atoms in total. The van der Waals surface area contributed by atoms with Crippen molar-refractivity contribution in [1.82, 2.24) is 0 Å². The highest BCUT2D eigenvalue weighted by Gasteiger charge is 2.43. The van der Waals surface area contributed by atoms with Crippen molar-refractivity contribution in [3.63, 3.8) is 0 Å². The molecule has 0 spiro atoms. The molecule has 1 aromatic rings. The van der Waals surface area contributed by atoms with Crippen LogP contribution >= 0.6 is 0 Å². The smallest absolute Gasteiger partial charge is 0.370 e. The van der Waals surface area contributed by atoms with E-state index < -0.39 is 8.80 Å². The van der Waals surface area contributed by atoms with Gasteiger partial charge < -0.3 is 13.3 Å². The van der Waals surface area contributed by atoms with Crippen LogP contribution in [0.5, 0.6) is 0 Å². The number of allylic oxidation sites excluding steroid dienone is 1. The van der Waals surface area contributed by atoms with Gasteiger partial charge in [0.05, 0.1) is 0 Å². The number of hydrogen-bond acceptors (Lipinski definition) is 3. The Kier molecular flexibility index (Phi) is 14.3. The largest absolute Gasteiger partial charge is 0.537 e. The Morgan fingerprint density at radius 2 is 1.14 bits per heavy atom. The van der Waals surface area contributed by atoms with E-state index in [0.717, 1.165) is 30.9 Å². The SMILES string of the molecule is C=CCc1ccc([Si](OCCCCC)(OCCCCC)OCCCCC)cc1. The Hall–Kier alpha value is -0.943. The third-order valence-electron chi connectivity index (χ3n) is 4.81. The van der Waals surface area contributed by atoms with Gasteiger partial charge in [-0.2, -0.15) is 0 Å². The highest BCUT2D eigenvalue weighted by molar-refractivity contribution is 6.75. The Morgan fingerprint density at radius 1 is 0.714 bits per heavy atom. The average Bonchev–Trinajstić information content (AvgIpc) is 2.72. The van der Waals surface area contributed by atoms with Gasteiger partial charge in [0.1, 0.15) is 0 Å². The van der Waals surface area contributed by atoms with Crippen LogP contribution in [0.1, 0.15) is 84.1 Å². The Labute approximate surface area is 174 Å². The van der Waals surface area contributed by atoms with Crippen molar-refractivity contribution >= 4 is 14.0 Å². The maximum Gasteiger partial charge on any atom is 0.537 e. The molecule has 0 N–H and O–H groups in total. The molecule has 1 aromatic carbocycles. The molecule has 0 aliphatic heterocycles. The minimum atomic E-state index is -2.89. The molecule has 0 aliphatic carbocycles. The monoisotopic (exact) mass is 406 g/mol. The summed E-state index contributed by atoms with van der Waals surface area (Å²) in [4.78, 5) is 0. The zero-order valence-corrected chi connectivity index (χ0v) is 19.5. The lowest BCUT2D eigenvalue weighted by atomic mass is 10.2. The van der Waals surface area contributed by atoms with Gasteiger partial charge in [-0.05, 0) is 31.2 Å². The molecular weight excluding hydrogens is 364 g/mol. The first kappa shape index (κ1) is 25.1. The molecule has 28 heavy (non-hydrogen) atoms. The molecule has 0 aromatic heterocycles. The van der Waals surface area contributed by atoms with Gasteiger partial charge in [0.2, 0.25) is 0 Å². The van der Waals surface area contributed by atoms with Crippen molar-refractivity contribution in [2.75, 3.05) is 19.8 Å². The van der Waals surface area contributed by atoms with E-state index in [1.807, 2.05) is 6.08 Å². The van der Waals surface area contributed by atoms with Crippen molar-refractivity contribution in [1.29, 1.82) is 0 Å². The lowest BCUT2D eigenvalue weighted by molar-refractivity contribution is 0.0691. The van der Waals surface area contributed by atoms with Crippen molar-refractivity contribution in [2.24, 2.45) is 0 Å². The number of hydrogen-bond donors (Lipinski definition) is 0. The van der Waals surface area contributed by atoms with E-state index in [2.05, 4.69) is 51.6 Å². The summed E-state index contributed by atoms with van der Waals surface area (Å²) in [5, 5.41) is 1.09. The van der Waals surface area contributed by atoms with Crippen LogP contribution in [-0.2, 0) is 19.7 Å². The standard InChI is InChI=1S/C24H42O3Si/c1-5-9-12-20-25-28(26-21-13-10-6-2,27-22-14-11-7-3)24-18-16-23(15-8-4)17-19-24/h8,16-19H,4-7,9-15,20-22H2,1-3H3. The average molecular weight is 407 g/mol. The summed E-state index contributed by atoms with van der Waals surface area (Å²) in [5.74, 6) is 0. The van der Waals surface area contributed by atoms with Gasteiger partial charge in [-0.3, -0.25) is 0 Å². The molecule has 0 radical (unpaired) electrons. The zero-order valence-electron chi connectivity index (χ0n) is 18.5. The van der Waals surface area contributed by atoms with E-state index in [1.54, 1.807) is 0 Å². The van der Waals surface area contributed by atoms with Gasteiger partial charge in [0.15, 0.2) is 0 Å². The lowest BCUT2D eigenvalue weighted by Crippen LogP contribution is -2.57. The highest BCUT2D eigenvalue weighted by Crippen LogP contribution is 2.16. The van der Waals surface area contributed by atoms with Crippen molar-refractivity contribution in [3.05, 3.63) is 42.5 Å². The molecular formula is C24H42O3Si. The van der Waals surface area contributed by atoms with Crippen LogP contribution < -0.4 is 5.19 Å². The molecule has 1 rings (SSSR count). The van der Waals surface area contributed by atoms with E-state index in [1.165, 1.54) is 44.1 Å². The Morgan fingerprint density at radius 3 is 1.50 bits per heavy atom. The summed E-state index contributed by atoms with van der Waals surface area (Å²) < 4.78 is 19.4. The summed E-state index contributed by atoms with van der Waals surface area (Å²) >= 11 is 0. The number of benzene rings is 1. The summed E-state index contributed by atoms with van der Waals surface area (Å²) in [7, 11) is -2.89. The molecule has 0 atom stereocenters. The predicted molar refractivity (Wildman–Crippen MR) is 122 cm³/mol. The van der Waals surface area contributed by atoms with E-state index in [4.69, 9.17) is 13.3 Å². The van der Waals surface area contributed by atoms with Crippen LogP contribution in [0.3, 0.4) is 0 Å². The molecule has 0 bridgehead atoms. The third-order valence-corrected chi connectivity index (χ3v) is 7.60. The fraction of sp³-hybridized carbons (Fsp3) is 0.667. The van der Waals surface area contributed by atoms with Crippen LogP contribution in [0.25, 0.3) is 0 Å². The first-order chi connectivity index (χ1) is 13.7. The topological polar surface area (TPSA) is 27.7 Å². The van der Waals surface area contributed by atoms with E-state index in [9.17, 15) is 0 Å². The predicted octanol–water partition coefficient (Wildman–Crippen LogP) is 6.18. The fourth-order valence-corrected chi connectivity index (χ4v) is 5.63. The highest BCUT2D eigenvalue weighted by atomic mass is 28.4. The quantitative estimate of drug-likeness (QED) is 0.165. The van der Waals surface area contributed by atoms with Crippen LogP contribution in [0.15, 0.2) is 36.9 Å². The van der Waals surface area contributed by atoms with Gasteiger partial charge in [-0.15, -0.1) is 6.58 Å². The molecule has 0 aliphatic rings. The van der Waals surface area contributed by atoms with Gasteiger partial charge in [0.25, 0.3) is 0 Å². The van der Waals surface area contributed by atoms with Crippen molar-refractivity contribution in [2.45, 2.75) is 85.0 Å². The second kappa shape index (κ2) is 15.9. The van der Waals surface area contributed by atoms with Crippen LogP contribution in [0.4, 0.5) is 0 Å². The summed E-state index contributed by atoms with van der Waals surface area (Å²) in [5.41, 5.74) is 1.25. The van der Waals surface area contributed by atoms with Gasteiger partial charge >= 0.3 is 8.80 Å². The van der Waals surface area contributed by atoms with Crippen molar-refractivity contribution < 1.29 is 13.3 Å². The number of rotatable bonds is 18. The summed E-state index contributed by atoms with van der Waals surface area (Å²) in [6, 6.07) is 8.59. The molecule has 4 heteroatoms. The summed E-state index contributed by atoms with van der Waals surface area (Å²) in [6.45, 7) is 12.6. The lowest BCUT2D eigenvalue weighted by Gasteiger charge is -2.30. The van der Waals surface area contributed by atoms with Crippen molar-refractivity contribution in [3.8, 4) is 0 Å². The van der Waals surface area contributed by atoms with E-state index >= 15 is 0 Å². The maximum atomic E-state index is 6.45. The third kappa shape index (κ3) is 9.51. The van der Waals surface area contributed by atoms with Gasteiger partial charge in [-0.1, -0.05) is 89.6 Å². The van der Waals surface area contributed by atoms with Gasteiger partial charge in [0, 0.05) is 25.0 Å². The second-order valence-electron chi connectivity index (χ2n) is 7.41. The second-order valence-corrected chi connectivity index (χ2v) is 9.97. The molecule has 160 valence electrons. The van der Waals surface area contributed by atoms with Crippen LogP contribution in [0, 0.1) is 0 Å². The maximum absolute atomic E-state index is 6.45. The Bertz CT molecular complexity index is 470. The minimum Gasteiger partial charge on any atom is -0.370 e. The first-order valence-corrected chi connectivity index (χ1v) is 13.1. The van der Waals surface area contributed by atoms with E-state index in [0.29, 0.717) is 19.8 Å². The summed E-state index contributed by atoms with van der Waals surface area (Å²) in [6.07, 6.45) is 13.0. The molecule has 0 saturated carbocycles.